The van der Waals surface area contributed by atoms with Gasteiger partial charge in [-0.2, -0.15) is 0 Å². The van der Waals surface area contributed by atoms with Crippen LogP contribution in [0.2, 0.25) is 0 Å². The van der Waals surface area contributed by atoms with Crippen molar-refractivity contribution < 1.29 is 18.8 Å². The van der Waals surface area contributed by atoms with Gasteiger partial charge in [-0.05, 0) is 37.3 Å². The van der Waals surface area contributed by atoms with E-state index in [-0.39, 0.29) is 35.6 Å². The summed E-state index contributed by atoms with van der Waals surface area (Å²) in [6.45, 7) is 2.86. The van der Waals surface area contributed by atoms with Crippen LogP contribution in [0.25, 0.3) is 0 Å². The molecule has 1 aromatic carbocycles. The van der Waals surface area contributed by atoms with Gasteiger partial charge in [-0.1, -0.05) is 64.0 Å². The first-order valence-corrected chi connectivity index (χ1v) is 12.9. The summed E-state index contributed by atoms with van der Waals surface area (Å²) in [7, 11) is 0. The van der Waals surface area contributed by atoms with Crippen molar-refractivity contribution in [2.24, 2.45) is 5.92 Å². The number of ketones is 1. The quantitative estimate of drug-likeness (QED) is 0.622. The molecule has 1 atom stereocenters. The summed E-state index contributed by atoms with van der Waals surface area (Å²) in [5.41, 5.74) is 0.439. The molecule has 0 bridgehead atoms. The number of carbonyl (C=O) groups is 3. The first-order chi connectivity index (χ1) is 16.0. The highest BCUT2D eigenvalue weighted by atomic mass is 19.1. The number of nitrogens with zero attached hydrogens (tertiary/aromatic N) is 1. The highest BCUT2D eigenvalue weighted by Crippen LogP contribution is 2.34. The summed E-state index contributed by atoms with van der Waals surface area (Å²) in [6.07, 6.45) is 14.0. The third kappa shape index (κ3) is 7.12. The van der Waals surface area contributed by atoms with Crippen molar-refractivity contribution in [1.82, 2.24) is 10.2 Å². The van der Waals surface area contributed by atoms with E-state index >= 15 is 4.39 Å². The summed E-state index contributed by atoms with van der Waals surface area (Å²) in [5.74, 6) is -0.985. The highest BCUT2D eigenvalue weighted by Gasteiger charge is 2.33. The molecule has 3 fully saturated rings. The maximum absolute atomic E-state index is 15.0. The molecular weight excluding hydrogens is 419 g/mol. The van der Waals surface area contributed by atoms with Crippen molar-refractivity contribution >= 4 is 17.6 Å². The van der Waals surface area contributed by atoms with Crippen LogP contribution in [0.1, 0.15) is 106 Å². The Balaban J connectivity index is 0.000000442. The first kappa shape index (κ1) is 25.4. The Kier molecular flexibility index (Phi) is 9.89. The fraction of sp³-hybridized carbons (Fsp3) is 0.667. The Labute approximate surface area is 197 Å². The Morgan fingerprint density at radius 3 is 2.21 bits per heavy atom. The summed E-state index contributed by atoms with van der Waals surface area (Å²) in [6, 6.07) is 4.80. The van der Waals surface area contributed by atoms with E-state index in [9.17, 15) is 14.4 Å². The Bertz CT molecular complexity index is 806. The normalized spacial score (nSPS) is 20.8. The van der Waals surface area contributed by atoms with Crippen LogP contribution in [0, 0.1) is 11.7 Å². The minimum absolute atomic E-state index is 0.0427. The number of likely N-dealkylation sites (tertiary alicyclic amines) is 1. The Morgan fingerprint density at radius 1 is 0.970 bits per heavy atom. The standard InChI is InChI=1S/C21H27FN2O3.C6H12/c1-2-16(25)12-23-20(26)18-10-4-9-17(19(18)22)15-8-5-11-24(13-15)21(27)14-6-3-7-14;1-2-4-6-5-3-1/h4,9-10,14-15H,2-3,5-8,11-13H2,1H3,(H,23,26);1-6H2. The van der Waals surface area contributed by atoms with E-state index in [0.29, 0.717) is 18.5 Å². The number of Topliss-reactive ketones (excluding diaryl/α,β-unsaturated/α-hetero) is 1. The molecule has 6 heteroatoms. The van der Waals surface area contributed by atoms with Crippen LogP contribution in [0.15, 0.2) is 18.2 Å². The van der Waals surface area contributed by atoms with Crippen LogP contribution in [0.5, 0.6) is 0 Å². The lowest BCUT2D eigenvalue weighted by Gasteiger charge is -2.37. The van der Waals surface area contributed by atoms with Gasteiger partial charge in [0.1, 0.15) is 5.82 Å². The molecule has 1 saturated heterocycles. The largest absolute Gasteiger partial charge is 0.345 e. The van der Waals surface area contributed by atoms with Gasteiger partial charge in [-0.25, -0.2) is 4.39 Å². The predicted molar refractivity (Wildman–Crippen MR) is 128 cm³/mol. The van der Waals surface area contributed by atoms with E-state index in [1.807, 2.05) is 4.90 Å². The average molecular weight is 459 g/mol. The molecule has 182 valence electrons. The molecule has 4 rings (SSSR count). The van der Waals surface area contributed by atoms with Crippen LogP contribution >= 0.6 is 0 Å². The van der Waals surface area contributed by atoms with Crippen molar-refractivity contribution in [3.8, 4) is 0 Å². The predicted octanol–water partition coefficient (Wildman–Crippen LogP) is 5.38. The fourth-order valence-electron chi connectivity index (χ4n) is 4.84. The molecule has 0 spiro atoms. The fourth-order valence-corrected chi connectivity index (χ4v) is 4.84. The maximum atomic E-state index is 15.0. The molecular formula is C27H39FN2O3. The van der Waals surface area contributed by atoms with Gasteiger partial charge >= 0.3 is 0 Å². The second kappa shape index (κ2) is 12.9. The molecule has 1 heterocycles. The van der Waals surface area contributed by atoms with Crippen LogP contribution in [-0.2, 0) is 9.59 Å². The van der Waals surface area contributed by atoms with E-state index in [1.54, 1.807) is 19.1 Å². The zero-order chi connectivity index (χ0) is 23.6. The number of nitrogens with one attached hydrogen (secondary N) is 1. The number of halogens is 1. The van der Waals surface area contributed by atoms with Crippen molar-refractivity contribution in [1.29, 1.82) is 0 Å². The lowest BCUT2D eigenvalue weighted by Crippen LogP contribution is -2.44. The monoisotopic (exact) mass is 458 g/mol. The van der Waals surface area contributed by atoms with Gasteiger partial charge in [0.25, 0.3) is 5.91 Å². The zero-order valence-corrected chi connectivity index (χ0v) is 20.0. The maximum Gasteiger partial charge on any atom is 0.254 e. The van der Waals surface area contributed by atoms with Crippen LogP contribution in [0.4, 0.5) is 4.39 Å². The third-order valence-electron chi connectivity index (χ3n) is 7.24. The van der Waals surface area contributed by atoms with Gasteiger partial charge in [-0.15, -0.1) is 0 Å². The number of rotatable bonds is 6. The number of hydrogen-bond donors (Lipinski definition) is 1. The topological polar surface area (TPSA) is 66.5 Å². The van der Waals surface area contributed by atoms with Crippen molar-refractivity contribution in [2.45, 2.75) is 89.9 Å². The number of carbonyl (C=O) groups excluding carboxylic acids is 3. The van der Waals surface area contributed by atoms with Crippen LogP contribution < -0.4 is 5.32 Å². The van der Waals surface area contributed by atoms with Crippen LogP contribution in [0.3, 0.4) is 0 Å². The summed E-state index contributed by atoms with van der Waals surface area (Å²) in [4.78, 5) is 38.0. The van der Waals surface area contributed by atoms with Crippen LogP contribution in [-0.4, -0.2) is 42.1 Å². The van der Waals surface area contributed by atoms with Gasteiger partial charge in [-0.3, -0.25) is 14.4 Å². The van der Waals surface area contributed by atoms with Gasteiger partial charge in [0.2, 0.25) is 5.91 Å². The van der Waals surface area contributed by atoms with E-state index in [2.05, 4.69) is 5.32 Å². The minimum Gasteiger partial charge on any atom is -0.345 e. The van der Waals surface area contributed by atoms with Gasteiger partial charge in [0.05, 0.1) is 12.1 Å². The molecule has 1 aliphatic heterocycles. The molecule has 2 saturated carbocycles. The van der Waals surface area contributed by atoms with Gasteiger partial charge in [0, 0.05) is 31.3 Å². The Hall–Kier alpha value is -2.24. The smallest absolute Gasteiger partial charge is 0.254 e. The molecule has 0 aromatic heterocycles. The summed E-state index contributed by atoms with van der Waals surface area (Å²) in [5, 5.41) is 2.48. The molecule has 33 heavy (non-hydrogen) atoms. The third-order valence-corrected chi connectivity index (χ3v) is 7.24. The highest BCUT2D eigenvalue weighted by molar-refractivity contribution is 5.97. The molecule has 2 amide bonds. The molecule has 2 aliphatic carbocycles. The lowest BCUT2D eigenvalue weighted by atomic mass is 9.82. The molecule has 1 aromatic rings. The molecule has 1 unspecified atom stereocenters. The SMILES string of the molecule is C1CCCCC1.CCC(=O)CNC(=O)c1cccc(C2CCCN(C(=O)C3CCC3)C2)c1F. The average Bonchev–Trinajstić information content (AvgIpc) is 2.83. The van der Waals surface area contributed by atoms with Gasteiger partial charge < -0.3 is 10.2 Å². The van der Waals surface area contributed by atoms with E-state index in [1.165, 1.54) is 44.6 Å². The van der Waals surface area contributed by atoms with Crippen molar-refractivity contribution in [3.63, 3.8) is 0 Å². The van der Waals surface area contributed by atoms with E-state index < -0.39 is 11.7 Å². The van der Waals surface area contributed by atoms with Gasteiger partial charge in [0.15, 0.2) is 5.78 Å². The Morgan fingerprint density at radius 2 is 1.64 bits per heavy atom. The zero-order valence-electron chi connectivity index (χ0n) is 20.0. The second-order valence-electron chi connectivity index (χ2n) is 9.66. The summed E-state index contributed by atoms with van der Waals surface area (Å²) < 4.78 is 15.0. The summed E-state index contributed by atoms with van der Waals surface area (Å²) >= 11 is 0. The van der Waals surface area contributed by atoms with Crippen molar-refractivity contribution in [3.05, 3.63) is 35.1 Å². The van der Waals surface area contributed by atoms with E-state index in [4.69, 9.17) is 0 Å². The number of amides is 2. The molecule has 5 nitrogen and oxygen atoms in total. The van der Waals surface area contributed by atoms with Crippen molar-refractivity contribution in [2.75, 3.05) is 19.6 Å². The molecule has 1 N–H and O–H groups in total. The second-order valence-corrected chi connectivity index (χ2v) is 9.66. The number of benzene rings is 1. The lowest BCUT2D eigenvalue weighted by molar-refractivity contribution is -0.139. The number of piperidine rings is 1. The molecule has 0 radical (unpaired) electrons. The first-order valence-electron chi connectivity index (χ1n) is 12.9. The minimum atomic E-state index is -0.575. The molecule has 3 aliphatic rings. The van der Waals surface area contributed by atoms with E-state index in [0.717, 1.165) is 38.6 Å². The number of hydrogen-bond acceptors (Lipinski definition) is 3.